The van der Waals surface area contributed by atoms with E-state index in [9.17, 15) is 0 Å². The number of ether oxygens (including phenoxy) is 2. The Hall–Kier alpha value is -2.68. The molecule has 2 heterocycles. The Bertz CT molecular complexity index is 643. The van der Waals surface area contributed by atoms with E-state index in [1.807, 2.05) is 6.07 Å². The number of nitrogens with zero attached hydrogens (tertiary/aromatic N) is 2. The monoisotopic (exact) mass is 243 g/mol. The Labute approximate surface area is 103 Å². The van der Waals surface area contributed by atoms with Gasteiger partial charge in [0.05, 0.1) is 5.56 Å². The fourth-order valence-corrected chi connectivity index (χ4v) is 1.77. The third kappa shape index (κ3) is 1.53. The molecule has 1 aromatic heterocycles. The number of anilines is 1. The van der Waals surface area contributed by atoms with Gasteiger partial charge >= 0.3 is 0 Å². The van der Waals surface area contributed by atoms with Crippen LogP contribution >= 0.6 is 0 Å². The zero-order chi connectivity index (χ0) is 12.5. The zero-order valence-electron chi connectivity index (χ0n) is 9.34. The summed E-state index contributed by atoms with van der Waals surface area (Å²) >= 11 is 0. The molecule has 90 valence electrons. The molecule has 6 nitrogen and oxygen atoms in total. The van der Waals surface area contributed by atoms with Gasteiger partial charge in [0.15, 0.2) is 11.5 Å². The molecule has 1 aromatic carbocycles. The lowest BCUT2D eigenvalue weighted by atomic mass is 10.1. The first kappa shape index (κ1) is 10.5. The lowest BCUT2D eigenvalue weighted by molar-refractivity contribution is 0.172. The number of fused-ring (bicyclic) bond motifs is 1. The Kier molecular flexibility index (Phi) is 2.31. The SMILES string of the molecule is N#Cc1nc(-c2cccc3c2OCCO3)oc1N. The highest BCUT2D eigenvalue weighted by atomic mass is 16.6. The van der Waals surface area contributed by atoms with E-state index in [0.29, 0.717) is 30.3 Å². The molecule has 6 heteroatoms. The number of benzene rings is 1. The van der Waals surface area contributed by atoms with Crippen LogP contribution in [0.15, 0.2) is 22.6 Å². The highest BCUT2D eigenvalue weighted by molar-refractivity contribution is 5.69. The van der Waals surface area contributed by atoms with E-state index >= 15 is 0 Å². The van der Waals surface area contributed by atoms with Crippen molar-refractivity contribution in [1.82, 2.24) is 4.98 Å². The van der Waals surface area contributed by atoms with E-state index in [2.05, 4.69) is 4.98 Å². The van der Waals surface area contributed by atoms with Gasteiger partial charge < -0.3 is 19.6 Å². The molecule has 0 radical (unpaired) electrons. The number of hydrogen-bond acceptors (Lipinski definition) is 6. The molecule has 0 fully saturated rings. The molecule has 0 atom stereocenters. The molecule has 2 N–H and O–H groups in total. The highest BCUT2D eigenvalue weighted by Gasteiger charge is 2.21. The summed E-state index contributed by atoms with van der Waals surface area (Å²) in [4.78, 5) is 4.02. The summed E-state index contributed by atoms with van der Waals surface area (Å²) in [6.07, 6.45) is 0. The minimum Gasteiger partial charge on any atom is -0.486 e. The third-order valence-electron chi connectivity index (χ3n) is 2.56. The van der Waals surface area contributed by atoms with Gasteiger partial charge in [0.1, 0.15) is 19.3 Å². The van der Waals surface area contributed by atoms with Crippen molar-refractivity contribution in [3.8, 4) is 29.0 Å². The van der Waals surface area contributed by atoms with Crippen molar-refractivity contribution in [2.75, 3.05) is 18.9 Å². The first-order valence-electron chi connectivity index (χ1n) is 5.35. The molecule has 0 saturated carbocycles. The van der Waals surface area contributed by atoms with Gasteiger partial charge in [0.2, 0.25) is 17.5 Å². The van der Waals surface area contributed by atoms with Gasteiger partial charge in [0, 0.05) is 0 Å². The number of nitrogen functional groups attached to an aromatic ring is 1. The van der Waals surface area contributed by atoms with Crippen molar-refractivity contribution < 1.29 is 13.9 Å². The minimum atomic E-state index is 0.00170. The number of nitrogens with two attached hydrogens (primary N) is 1. The summed E-state index contributed by atoms with van der Waals surface area (Å²) in [5.74, 6) is 1.46. The fraction of sp³-hybridized carbons (Fsp3) is 0.167. The molecule has 0 amide bonds. The predicted octanol–water partition coefficient (Wildman–Crippen LogP) is 1.57. The van der Waals surface area contributed by atoms with Crippen molar-refractivity contribution in [3.63, 3.8) is 0 Å². The van der Waals surface area contributed by atoms with Gasteiger partial charge in [-0.25, -0.2) is 0 Å². The van der Waals surface area contributed by atoms with Gasteiger partial charge in [-0.1, -0.05) is 6.07 Å². The van der Waals surface area contributed by atoms with Crippen molar-refractivity contribution in [2.24, 2.45) is 0 Å². The molecule has 0 bridgehead atoms. The van der Waals surface area contributed by atoms with Crippen molar-refractivity contribution in [2.45, 2.75) is 0 Å². The van der Waals surface area contributed by atoms with Crippen LogP contribution in [0.2, 0.25) is 0 Å². The normalized spacial score (nSPS) is 13.1. The molecule has 2 aromatic rings. The Morgan fingerprint density at radius 3 is 2.89 bits per heavy atom. The molecule has 3 rings (SSSR count). The van der Waals surface area contributed by atoms with Gasteiger partial charge in [-0.3, -0.25) is 0 Å². The summed E-state index contributed by atoms with van der Waals surface area (Å²) in [5, 5.41) is 8.81. The van der Waals surface area contributed by atoms with Crippen LogP contribution in [0.25, 0.3) is 11.5 Å². The number of para-hydroxylation sites is 1. The Morgan fingerprint density at radius 1 is 1.28 bits per heavy atom. The van der Waals surface area contributed by atoms with Crippen molar-refractivity contribution in [1.29, 1.82) is 5.26 Å². The van der Waals surface area contributed by atoms with Crippen LogP contribution in [0.3, 0.4) is 0 Å². The van der Waals surface area contributed by atoms with E-state index in [-0.39, 0.29) is 17.5 Å². The third-order valence-corrected chi connectivity index (χ3v) is 2.56. The van der Waals surface area contributed by atoms with Crippen LogP contribution in [0.1, 0.15) is 5.69 Å². The van der Waals surface area contributed by atoms with Crippen LogP contribution in [0.5, 0.6) is 11.5 Å². The van der Waals surface area contributed by atoms with E-state index in [4.69, 9.17) is 24.9 Å². The predicted molar refractivity (Wildman–Crippen MR) is 62.1 cm³/mol. The maximum Gasteiger partial charge on any atom is 0.233 e. The van der Waals surface area contributed by atoms with Gasteiger partial charge in [-0.05, 0) is 12.1 Å². The van der Waals surface area contributed by atoms with E-state index in [0.717, 1.165) is 0 Å². The topological polar surface area (TPSA) is 94.3 Å². The second kappa shape index (κ2) is 3.96. The quantitative estimate of drug-likeness (QED) is 0.816. The van der Waals surface area contributed by atoms with Crippen LogP contribution in [-0.4, -0.2) is 18.2 Å². The summed E-state index contributed by atoms with van der Waals surface area (Å²) in [6.45, 7) is 0.971. The smallest absolute Gasteiger partial charge is 0.233 e. The van der Waals surface area contributed by atoms with Crippen molar-refractivity contribution in [3.05, 3.63) is 23.9 Å². The fourth-order valence-electron chi connectivity index (χ4n) is 1.77. The van der Waals surface area contributed by atoms with Gasteiger partial charge in [-0.15, -0.1) is 0 Å². The van der Waals surface area contributed by atoms with Crippen molar-refractivity contribution >= 4 is 5.88 Å². The zero-order valence-corrected chi connectivity index (χ0v) is 9.34. The second-order valence-electron chi connectivity index (χ2n) is 3.67. The van der Waals surface area contributed by atoms with E-state index in [1.54, 1.807) is 18.2 Å². The number of aromatic nitrogens is 1. The lowest BCUT2D eigenvalue weighted by Gasteiger charge is -2.19. The molecule has 1 aliphatic heterocycles. The van der Waals surface area contributed by atoms with Crippen LogP contribution in [-0.2, 0) is 0 Å². The van der Waals surface area contributed by atoms with Crippen LogP contribution in [0, 0.1) is 11.3 Å². The molecule has 0 aliphatic carbocycles. The molecule has 0 unspecified atom stereocenters. The number of hydrogen-bond donors (Lipinski definition) is 1. The molecule has 18 heavy (non-hydrogen) atoms. The molecule has 0 spiro atoms. The second-order valence-corrected chi connectivity index (χ2v) is 3.67. The highest BCUT2D eigenvalue weighted by Crippen LogP contribution is 2.40. The van der Waals surface area contributed by atoms with Gasteiger partial charge in [0.25, 0.3) is 0 Å². The first-order valence-corrected chi connectivity index (χ1v) is 5.35. The van der Waals surface area contributed by atoms with Crippen LogP contribution in [0.4, 0.5) is 5.88 Å². The maximum absolute atomic E-state index is 8.81. The molecule has 0 saturated heterocycles. The number of rotatable bonds is 1. The Morgan fingerprint density at radius 2 is 2.11 bits per heavy atom. The number of oxazole rings is 1. The average Bonchev–Trinajstić information content (AvgIpc) is 2.79. The first-order chi connectivity index (χ1) is 8.79. The molecular weight excluding hydrogens is 234 g/mol. The largest absolute Gasteiger partial charge is 0.486 e. The summed E-state index contributed by atoms with van der Waals surface area (Å²) in [7, 11) is 0. The summed E-state index contributed by atoms with van der Waals surface area (Å²) in [5.41, 5.74) is 6.24. The lowest BCUT2D eigenvalue weighted by Crippen LogP contribution is -2.15. The average molecular weight is 243 g/mol. The Balaban J connectivity index is 2.14. The number of nitriles is 1. The molecule has 1 aliphatic rings. The van der Waals surface area contributed by atoms with E-state index in [1.165, 1.54) is 0 Å². The van der Waals surface area contributed by atoms with Gasteiger partial charge in [-0.2, -0.15) is 10.2 Å². The summed E-state index contributed by atoms with van der Waals surface area (Å²) in [6, 6.07) is 7.24. The standard InChI is InChI=1S/C12H9N3O3/c13-6-8-11(14)18-12(15-8)7-2-1-3-9-10(7)17-5-4-16-9/h1-3H,4-5,14H2. The van der Waals surface area contributed by atoms with E-state index < -0.39 is 0 Å². The summed E-state index contributed by atoms with van der Waals surface area (Å²) < 4.78 is 16.3. The molecular formula is C12H9N3O3. The maximum atomic E-state index is 8.81. The minimum absolute atomic E-state index is 0.00170. The van der Waals surface area contributed by atoms with Crippen LogP contribution < -0.4 is 15.2 Å².